The van der Waals surface area contributed by atoms with Crippen LogP contribution < -0.4 is 20.1 Å². The van der Waals surface area contributed by atoms with Gasteiger partial charge in [0.15, 0.2) is 0 Å². The first-order valence-electron chi connectivity index (χ1n) is 8.46. The zero-order valence-corrected chi connectivity index (χ0v) is 16.4. The maximum absolute atomic E-state index is 12.2. The lowest BCUT2D eigenvalue weighted by Crippen LogP contribution is -2.40. The van der Waals surface area contributed by atoms with Crippen LogP contribution in [0.1, 0.15) is 12.5 Å². The van der Waals surface area contributed by atoms with Crippen molar-refractivity contribution in [2.45, 2.75) is 19.6 Å². The highest BCUT2D eigenvalue weighted by Gasteiger charge is 2.16. The second-order valence-electron chi connectivity index (χ2n) is 5.85. The molecule has 0 saturated heterocycles. The molecule has 9 heteroatoms. The van der Waals surface area contributed by atoms with Crippen LogP contribution >= 0.6 is 11.6 Å². The van der Waals surface area contributed by atoms with Gasteiger partial charge in [-0.05, 0) is 48.9 Å². The third-order valence-corrected chi connectivity index (χ3v) is 4.01. The van der Waals surface area contributed by atoms with Crippen molar-refractivity contribution in [3.63, 3.8) is 0 Å². The van der Waals surface area contributed by atoms with Crippen molar-refractivity contribution >= 4 is 35.2 Å². The van der Waals surface area contributed by atoms with Gasteiger partial charge in [0.25, 0.3) is 0 Å². The molecule has 0 aliphatic rings. The molecule has 6 nitrogen and oxygen atoms in total. The number of methoxy groups -OCH3 is 1. The number of anilines is 1. The third-order valence-electron chi connectivity index (χ3n) is 3.71. The third kappa shape index (κ3) is 7.08. The normalized spacial score (nSPS) is 11.9. The van der Waals surface area contributed by atoms with Crippen LogP contribution in [0.15, 0.2) is 48.5 Å². The second kappa shape index (κ2) is 10.4. The molecule has 2 amide bonds. The van der Waals surface area contributed by atoms with Crippen molar-refractivity contribution in [3.05, 3.63) is 59.1 Å². The highest BCUT2D eigenvalue weighted by atomic mass is 35.5. The van der Waals surface area contributed by atoms with Crippen molar-refractivity contribution in [2.75, 3.05) is 12.4 Å². The summed E-state index contributed by atoms with van der Waals surface area (Å²) >= 11 is 5.84. The SMILES string of the molecule is COc1ccc(/C=C/C(=O)NC(C)C(=O)Nc2ccc(OC(F)F)c(Cl)c2)cc1. The second-order valence-corrected chi connectivity index (χ2v) is 6.26. The number of halogens is 3. The molecule has 0 fully saturated rings. The monoisotopic (exact) mass is 424 g/mol. The fraction of sp³-hybridized carbons (Fsp3) is 0.200. The summed E-state index contributed by atoms with van der Waals surface area (Å²) in [5, 5.41) is 4.98. The molecule has 0 aliphatic carbocycles. The number of carbonyl (C=O) groups excluding carboxylic acids is 2. The number of rotatable bonds is 8. The van der Waals surface area contributed by atoms with E-state index in [4.69, 9.17) is 16.3 Å². The predicted molar refractivity (Wildman–Crippen MR) is 106 cm³/mol. The lowest BCUT2D eigenvalue weighted by molar-refractivity contribution is -0.123. The fourth-order valence-electron chi connectivity index (χ4n) is 2.23. The van der Waals surface area contributed by atoms with Gasteiger partial charge in [0.05, 0.1) is 12.1 Å². The summed E-state index contributed by atoms with van der Waals surface area (Å²) in [5.74, 6) is -0.465. The van der Waals surface area contributed by atoms with Gasteiger partial charge in [0, 0.05) is 11.8 Å². The van der Waals surface area contributed by atoms with E-state index < -0.39 is 24.5 Å². The molecule has 2 N–H and O–H groups in total. The molecule has 0 saturated carbocycles. The van der Waals surface area contributed by atoms with E-state index in [1.54, 1.807) is 37.5 Å². The van der Waals surface area contributed by atoms with Crippen LogP contribution in [0.2, 0.25) is 5.02 Å². The summed E-state index contributed by atoms with van der Waals surface area (Å²) in [6.45, 7) is -1.50. The number of amides is 2. The molecule has 0 aromatic heterocycles. The molecule has 2 rings (SSSR count). The summed E-state index contributed by atoms with van der Waals surface area (Å²) in [7, 11) is 1.56. The lowest BCUT2D eigenvalue weighted by Gasteiger charge is -2.14. The average Bonchev–Trinajstić information content (AvgIpc) is 2.68. The summed E-state index contributed by atoms with van der Waals surface area (Å²) in [4.78, 5) is 24.2. The van der Waals surface area contributed by atoms with E-state index in [0.717, 1.165) is 5.56 Å². The minimum Gasteiger partial charge on any atom is -0.497 e. The van der Waals surface area contributed by atoms with E-state index in [0.29, 0.717) is 5.75 Å². The Morgan fingerprint density at radius 2 is 1.83 bits per heavy atom. The average molecular weight is 425 g/mol. The number of alkyl halides is 2. The summed E-state index contributed by atoms with van der Waals surface area (Å²) < 4.78 is 33.8. The lowest BCUT2D eigenvalue weighted by atomic mass is 10.2. The van der Waals surface area contributed by atoms with Crippen LogP contribution in [-0.4, -0.2) is 31.6 Å². The van der Waals surface area contributed by atoms with Gasteiger partial charge in [-0.2, -0.15) is 8.78 Å². The molecule has 1 atom stereocenters. The Bertz CT molecular complexity index is 889. The Balaban J connectivity index is 1.90. The van der Waals surface area contributed by atoms with Gasteiger partial charge in [-0.3, -0.25) is 9.59 Å². The molecular formula is C20H19ClF2N2O4. The number of benzene rings is 2. The molecule has 0 spiro atoms. The van der Waals surface area contributed by atoms with Crippen LogP contribution in [0, 0.1) is 0 Å². The Labute approximate surface area is 171 Å². The number of carbonyl (C=O) groups is 2. The van der Waals surface area contributed by atoms with Crippen molar-refractivity contribution in [1.82, 2.24) is 5.32 Å². The van der Waals surface area contributed by atoms with E-state index in [1.165, 1.54) is 31.2 Å². The molecule has 154 valence electrons. The van der Waals surface area contributed by atoms with E-state index >= 15 is 0 Å². The van der Waals surface area contributed by atoms with Crippen molar-refractivity contribution in [3.8, 4) is 11.5 Å². The van der Waals surface area contributed by atoms with E-state index in [9.17, 15) is 18.4 Å². The van der Waals surface area contributed by atoms with Gasteiger partial charge in [0.1, 0.15) is 17.5 Å². The molecule has 0 aliphatic heterocycles. The van der Waals surface area contributed by atoms with Crippen molar-refractivity contribution < 1.29 is 27.8 Å². The molecule has 2 aromatic carbocycles. The smallest absolute Gasteiger partial charge is 0.387 e. The van der Waals surface area contributed by atoms with Crippen LogP contribution in [0.3, 0.4) is 0 Å². The van der Waals surface area contributed by atoms with Gasteiger partial charge in [-0.1, -0.05) is 23.7 Å². The predicted octanol–water partition coefficient (Wildman–Crippen LogP) is 4.11. The standard InChI is InChI=1S/C20H19ClF2N2O4/c1-12(24-18(26)10-5-13-3-7-15(28-2)8-4-13)19(27)25-14-6-9-17(16(21)11-14)29-20(22)23/h3-12,20H,1-2H3,(H,24,26)(H,25,27)/b10-5+. The van der Waals surface area contributed by atoms with Crippen molar-refractivity contribution in [1.29, 1.82) is 0 Å². The summed E-state index contributed by atoms with van der Waals surface area (Å²) in [5.41, 5.74) is 1.07. The highest BCUT2D eigenvalue weighted by Crippen LogP contribution is 2.29. The van der Waals surface area contributed by atoms with Crippen LogP contribution in [0.5, 0.6) is 11.5 Å². The largest absolute Gasteiger partial charge is 0.497 e. The van der Waals surface area contributed by atoms with E-state index in [2.05, 4.69) is 15.4 Å². The minimum absolute atomic E-state index is 0.0813. The molecule has 0 heterocycles. The topological polar surface area (TPSA) is 76.7 Å². The molecule has 2 aromatic rings. The fourth-order valence-corrected chi connectivity index (χ4v) is 2.46. The van der Waals surface area contributed by atoms with Crippen LogP contribution in [0.4, 0.5) is 14.5 Å². The number of nitrogens with one attached hydrogen (secondary N) is 2. The minimum atomic E-state index is -3.01. The van der Waals surface area contributed by atoms with Crippen LogP contribution in [-0.2, 0) is 9.59 Å². The van der Waals surface area contributed by atoms with Gasteiger partial charge in [-0.25, -0.2) is 0 Å². The Hall–Kier alpha value is -3.13. The molecule has 29 heavy (non-hydrogen) atoms. The van der Waals surface area contributed by atoms with E-state index in [1.807, 2.05) is 0 Å². The molecule has 0 radical (unpaired) electrons. The zero-order chi connectivity index (χ0) is 21.4. The highest BCUT2D eigenvalue weighted by molar-refractivity contribution is 6.32. The van der Waals surface area contributed by atoms with Gasteiger partial charge in [-0.15, -0.1) is 0 Å². The van der Waals surface area contributed by atoms with Crippen molar-refractivity contribution in [2.24, 2.45) is 0 Å². The van der Waals surface area contributed by atoms with Gasteiger partial charge in [0.2, 0.25) is 11.8 Å². The first kappa shape index (κ1) is 22.2. The van der Waals surface area contributed by atoms with Gasteiger partial charge < -0.3 is 20.1 Å². The van der Waals surface area contributed by atoms with Gasteiger partial charge >= 0.3 is 6.61 Å². The Morgan fingerprint density at radius 1 is 1.14 bits per heavy atom. The Morgan fingerprint density at radius 3 is 2.41 bits per heavy atom. The molecule has 0 bridgehead atoms. The van der Waals surface area contributed by atoms with Crippen LogP contribution in [0.25, 0.3) is 6.08 Å². The molecular weight excluding hydrogens is 406 g/mol. The number of hydrogen-bond acceptors (Lipinski definition) is 4. The maximum atomic E-state index is 12.2. The summed E-state index contributed by atoms with van der Waals surface area (Å²) in [6, 6.07) is 10.1. The Kier molecular flexibility index (Phi) is 7.97. The zero-order valence-electron chi connectivity index (χ0n) is 15.6. The number of ether oxygens (including phenoxy) is 2. The first-order chi connectivity index (χ1) is 13.8. The maximum Gasteiger partial charge on any atom is 0.387 e. The quantitative estimate of drug-likeness (QED) is 0.625. The molecule has 1 unspecified atom stereocenters. The first-order valence-corrected chi connectivity index (χ1v) is 8.84. The summed E-state index contributed by atoms with van der Waals surface area (Å²) in [6.07, 6.45) is 2.90. The van der Waals surface area contributed by atoms with E-state index in [-0.39, 0.29) is 16.5 Å². The number of hydrogen-bond donors (Lipinski definition) is 2.